The van der Waals surface area contributed by atoms with Gasteiger partial charge in [-0.2, -0.15) is 5.10 Å². The molecule has 9 nitrogen and oxygen atoms in total. The van der Waals surface area contributed by atoms with Crippen molar-refractivity contribution in [2.24, 2.45) is 0 Å². The number of amides is 1. The van der Waals surface area contributed by atoms with Crippen LogP contribution in [0.25, 0.3) is 32.6 Å². The number of rotatable bonds is 6. The summed E-state index contributed by atoms with van der Waals surface area (Å²) in [7, 11) is 0. The molecule has 1 fully saturated rings. The van der Waals surface area contributed by atoms with Gasteiger partial charge in [-0.15, -0.1) is 0 Å². The molecule has 7 rings (SSSR count). The monoisotopic (exact) mass is 567 g/mol. The van der Waals surface area contributed by atoms with Gasteiger partial charge in [0.05, 0.1) is 37.3 Å². The molecule has 0 saturated carbocycles. The summed E-state index contributed by atoms with van der Waals surface area (Å²) < 4.78 is 7.34. The predicted molar refractivity (Wildman–Crippen MR) is 169 cm³/mol. The van der Waals surface area contributed by atoms with Crippen molar-refractivity contribution in [1.82, 2.24) is 24.6 Å². The van der Waals surface area contributed by atoms with Crippen LogP contribution >= 0.6 is 0 Å². The molecule has 1 aliphatic rings. The van der Waals surface area contributed by atoms with Crippen LogP contribution in [0, 0.1) is 11.8 Å². The quantitative estimate of drug-likeness (QED) is 0.267. The molecule has 43 heavy (non-hydrogen) atoms. The maximum atomic E-state index is 12.6. The van der Waals surface area contributed by atoms with Gasteiger partial charge in [0.15, 0.2) is 0 Å². The number of benzene rings is 4. The molecule has 2 N–H and O–H groups in total. The SMILES string of the molecule is O=C(C#CCN1CCOCC1)Nc1ccc2ncnc(Nc3cc4nn(Cc5ccccc5)cc4c4ccccc34)c2c1. The smallest absolute Gasteiger partial charge is 0.300 e. The first kappa shape index (κ1) is 26.6. The highest BCUT2D eigenvalue weighted by atomic mass is 16.5. The van der Waals surface area contributed by atoms with E-state index in [4.69, 9.17) is 9.84 Å². The minimum Gasteiger partial charge on any atom is -0.379 e. The Morgan fingerprint density at radius 3 is 2.53 bits per heavy atom. The number of nitrogens with zero attached hydrogens (tertiary/aromatic N) is 5. The minimum atomic E-state index is -0.360. The lowest BCUT2D eigenvalue weighted by molar-refractivity contribution is -0.111. The number of carbonyl (C=O) groups is 1. The third kappa shape index (κ3) is 5.88. The number of fused-ring (bicyclic) bond motifs is 4. The molecule has 2 aromatic heterocycles. The van der Waals surface area contributed by atoms with Crippen molar-refractivity contribution in [2.75, 3.05) is 43.5 Å². The number of aromatic nitrogens is 4. The molecule has 1 amide bonds. The van der Waals surface area contributed by atoms with E-state index in [2.05, 4.69) is 73.9 Å². The molecule has 9 heteroatoms. The van der Waals surface area contributed by atoms with E-state index in [0.29, 0.717) is 37.8 Å². The predicted octanol–water partition coefficient (Wildman–Crippen LogP) is 5.20. The Bertz CT molecular complexity index is 2000. The summed E-state index contributed by atoms with van der Waals surface area (Å²) in [6.45, 7) is 4.28. The van der Waals surface area contributed by atoms with Gasteiger partial charge in [-0.05, 0) is 41.1 Å². The van der Waals surface area contributed by atoms with Crippen molar-refractivity contribution in [3.63, 3.8) is 0 Å². The second-order valence-corrected chi connectivity index (χ2v) is 10.4. The molecular formula is C34H29N7O2. The zero-order chi connectivity index (χ0) is 29.0. The normalized spacial score (nSPS) is 13.6. The van der Waals surface area contributed by atoms with Crippen LogP contribution < -0.4 is 10.6 Å². The van der Waals surface area contributed by atoms with E-state index < -0.39 is 0 Å². The highest BCUT2D eigenvalue weighted by Gasteiger charge is 2.13. The summed E-state index contributed by atoms with van der Waals surface area (Å²) in [5, 5.41) is 15.3. The van der Waals surface area contributed by atoms with Crippen molar-refractivity contribution in [2.45, 2.75) is 6.54 Å². The van der Waals surface area contributed by atoms with Crippen LogP contribution in [0.4, 0.5) is 17.2 Å². The summed E-state index contributed by atoms with van der Waals surface area (Å²) in [6, 6.07) is 26.2. The van der Waals surface area contributed by atoms with Crippen LogP contribution in [0.3, 0.4) is 0 Å². The highest BCUT2D eigenvalue weighted by Crippen LogP contribution is 2.34. The van der Waals surface area contributed by atoms with Crippen LogP contribution in [0.1, 0.15) is 5.56 Å². The molecule has 212 valence electrons. The summed E-state index contributed by atoms with van der Waals surface area (Å²) in [4.78, 5) is 23.7. The lowest BCUT2D eigenvalue weighted by Gasteiger charge is -2.24. The van der Waals surface area contributed by atoms with Gasteiger partial charge in [-0.1, -0.05) is 60.5 Å². The average molecular weight is 568 g/mol. The van der Waals surface area contributed by atoms with Crippen LogP contribution in [-0.4, -0.2) is 63.4 Å². The Morgan fingerprint density at radius 1 is 0.860 bits per heavy atom. The van der Waals surface area contributed by atoms with Crippen LogP contribution in [-0.2, 0) is 16.1 Å². The largest absolute Gasteiger partial charge is 0.379 e. The molecule has 0 aliphatic carbocycles. The Labute approximate surface area is 248 Å². The van der Waals surface area contributed by atoms with Gasteiger partial charge in [-0.3, -0.25) is 14.4 Å². The molecule has 3 heterocycles. The van der Waals surface area contributed by atoms with Gasteiger partial charge >= 0.3 is 0 Å². The van der Waals surface area contributed by atoms with Crippen LogP contribution in [0.15, 0.2) is 91.4 Å². The first-order valence-corrected chi connectivity index (χ1v) is 14.2. The average Bonchev–Trinajstić information content (AvgIpc) is 3.45. The minimum absolute atomic E-state index is 0.360. The van der Waals surface area contributed by atoms with Gasteiger partial charge in [0.25, 0.3) is 5.91 Å². The molecule has 0 atom stereocenters. The number of nitrogens with one attached hydrogen (secondary N) is 2. The second-order valence-electron chi connectivity index (χ2n) is 10.4. The summed E-state index contributed by atoms with van der Waals surface area (Å²) in [6.07, 6.45) is 3.64. The number of hydrogen-bond donors (Lipinski definition) is 2. The van der Waals surface area contributed by atoms with Crippen molar-refractivity contribution in [3.05, 3.63) is 97.0 Å². The van der Waals surface area contributed by atoms with Gasteiger partial charge in [-0.25, -0.2) is 9.97 Å². The first-order chi connectivity index (χ1) is 21.2. The molecule has 0 unspecified atom stereocenters. The van der Waals surface area contributed by atoms with E-state index in [-0.39, 0.29) is 5.91 Å². The molecule has 4 aromatic carbocycles. The standard InChI is InChI=1S/C34H29N7O2/c42-33(11-6-14-40-15-17-43-18-16-40)37-25-12-13-30-28(19-25)34(36-23-35-30)38-31-20-32-29(26-9-4-5-10-27(26)31)22-41(39-32)21-24-7-2-1-3-8-24/h1-5,7-10,12-13,19-20,22-23H,14-18,21H2,(H,37,42)(H,35,36,38). The first-order valence-electron chi connectivity index (χ1n) is 14.2. The lowest BCUT2D eigenvalue weighted by atomic mass is 10.0. The number of hydrogen-bond acceptors (Lipinski definition) is 7. The number of morpholine rings is 1. The molecular weight excluding hydrogens is 538 g/mol. The van der Waals surface area contributed by atoms with E-state index >= 15 is 0 Å². The summed E-state index contributed by atoms with van der Waals surface area (Å²) in [5.74, 6) is 5.94. The van der Waals surface area contributed by atoms with Crippen LogP contribution in [0.2, 0.25) is 0 Å². The fraction of sp³-hybridized carbons (Fsp3) is 0.176. The van der Waals surface area contributed by atoms with Crippen molar-refractivity contribution < 1.29 is 9.53 Å². The lowest BCUT2D eigenvalue weighted by Crippen LogP contribution is -2.36. The third-order valence-electron chi connectivity index (χ3n) is 7.52. The molecule has 0 spiro atoms. The fourth-order valence-corrected chi connectivity index (χ4v) is 5.39. The third-order valence-corrected chi connectivity index (χ3v) is 7.52. The van der Waals surface area contributed by atoms with E-state index in [1.54, 1.807) is 0 Å². The van der Waals surface area contributed by atoms with E-state index in [1.165, 1.54) is 11.9 Å². The zero-order valence-electron chi connectivity index (χ0n) is 23.5. The summed E-state index contributed by atoms with van der Waals surface area (Å²) in [5.41, 5.74) is 4.34. The number of anilines is 3. The number of carbonyl (C=O) groups excluding carboxylic acids is 1. The number of ether oxygens (including phenoxy) is 1. The Balaban J connectivity index is 1.17. The molecule has 1 aliphatic heterocycles. The van der Waals surface area contributed by atoms with Gasteiger partial charge in [0, 0.05) is 46.8 Å². The fourth-order valence-electron chi connectivity index (χ4n) is 5.39. The van der Waals surface area contributed by atoms with Gasteiger partial charge in [0.2, 0.25) is 0 Å². The van der Waals surface area contributed by atoms with E-state index in [9.17, 15) is 4.79 Å². The van der Waals surface area contributed by atoms with Crippen molar-refractivity contribution in [3.8, 4) is 11.8 Å². The van der Waals surface area contributed by atoms with Crippen LogP contribution in [0.5, 0.6) is 0 Å². The topological polar surface area (TPSA) is 97.2 Å². The Morgan fingerprint density at radius 2 is 1.67 bits per heavy atom. The van der Waals surface area contributed by atoms with Gasteiger partial charge in [0.1, 0.15) is 12.1 Å². The maximum Gasteiger partial charge on any atom is 0.300 e. The molecule has 0 radical (unpaired) electrons. The van der Waals surface area contributed by atoms with Crippen molar-refractivity contribution in [1.29, 1.82) is 0 Å². The van der Waals surface area contributed by atoms with E-state index in [0.717, 1.165) is 51.4 Å². The summed E-state index contributed by atoms with van der Waals surface area (Å²) >= 11 is 0. The Hall–Kier alpha value is -5.30. The molecule has 6 aromatic rings. The van der Waals surface area contributed by atoms with Gasteiger partial charge < -0.3 is 15.4 Å². The highest BCUT2D eigenvalue weighted by molar-refractivity contribution is 6.13. The van der Waals surface area contributed by atoms with Crippen molar-refractivity contribution >= 4 is 55.7 Å². The maximum absolute atomic E-state index is 12.6. The molecule has 0 bridgehead atoms. The second kappa shape index (κ2) is 11.9. The Kier molecular flexibility index (Phi) is 7.36. The van der Waals surface area contributed by atoms with E-state index in [1.807, 2.05) is 53.2 Å². The molecule has 1 saturated heterocycles. The zero-order valence-corrected chi connectivity index (χ0v) is 23.5.